The van der Waals surface area contributed by atoms with Gasteiger partial charge in [0.2, 0.25) is 0 Å². The van der Waals surface area contributed by atoms with E-state index in [0.717, 1.165) is 0 Å². The highest BCUT2D eigenvalue weighted by molar-refractivity contribution is 7.87. The minimum atomic E-state index is -8.38. The average molecular weight is 581 g/mol. The van der Waals surface area contributed by atoms with Crippen molar-refractivity contribution in [3.63, 3.8) is 0 Å². The Labute approximate surface area is 194 Å². The molecule has 0 bridgehead atoms. The summed E-state index contributed by atoms with van der Waals surface area (Å²) in [5, 5.41) is -7.61. The maximum atomic E-state index is 13.4. The van der Waals surface area contributed by atoms with Crippen LogP contribution >= 0.6 is 0 Å². The van der Waals surface area contributed by atoms with Gasteiger partial charge in [-0.15, -0.1) is 0 Å². The fraction of sp³-hybridized carbons (Fsp3) is 0.706. The summed E-state index contributed by atoms with van der Waals surface area (Å²) in [7, 11) is -7.71. The second-order valence-electron chi connectivity index (χ2n) is 7.05. The molecule has 0 saturated heterocycles. The lowest BCUT2D eigenvalue weighted by molar-refractivity contribution is -0.436. The number of hydrogen-bond acceptors (Lipinski definition) is 3. The maximum absolute atomic E-state index is 13.4. The molecule has 0 aliphatic heterocycles. The van der Waals surface area contributed by atoms with Gasteiger partial charge in [-0.3, -0.25) is 9.54 Å². The van der Waals surface area contributed by atoms with E-state index in [1.807, 2.05) is 18.2 Å². The predicted octanol–water partition coefficient (Wildman–Crippen LogP) is 6.94. The first kappa shape index (κ1) is 34.1. The van der Waals surface area contributed by atoms with Crippen molar-refractivity contribution in [2.75, 3.05) is 0 Å². The van der Waals surface area contributed by atoms with Gasteiger partial charge in [-0.2, -0.15) is 69.9 Å². The van der Waals surface area contributed by atoms with Crippen molar-refractivity contribution >= 4 is 10.1 Å². The van der Waals surface area contributed by atoms with Crippen molar-refractivity contribution in [3.8, 4) is 0 Å². The molecule has 4 nitrogen and oxygen atoms in total. The van der Waals surface area contributed by atoms with Crippen LogP contribution in [-0.4, -0.2) is 58.7 Å². The van der Waals surface area contributed by atoms with E-state index in [1.54, 1.807) is 12.4 Å². The number of alkyl halides is 14. The third-order valence-corrected chi connectivity index (χ3v) is 5.29. The van der Waals surface area contributed by atoms with E-state index >= 15 is 0 Å². The van der Waals surface area contributed by atoms with Crippen LogP contribution in [0.25, 0.3) is 0 Å². The molecule has 0 aliphatic rings. The van der Waals surface area contributed by atoms with Gasteiger partial charge in [0.1, 0.15) is 0 Å². The van der Waals surface area contributed by atoms with Gasteiger partial charge in [0, 0.05) is 18.8 Å². The second-order valence-corrected chi connectivity index (χ2v) is 8.51. The van der Waals surface area contributed by atoms with Gasteiger partial charge >= 0.3 is 50.9 Å². The molecule has 19 heteroatoms. The molecule has 0 aliphatic carbocycles. The van der Waals surface area contributed by atoms with E-state index in [0.29, 0.717) is 0 Å². The molecule has 1 heterocycles. The predicted molar refractivity (Wildman–Crippen MR) is 94.6 cm³/mol. The molecule has 36 heavy (non-hydrogen) atoms. The fourth-order valence-corrected chi connectivity index (χ4v) is 2.68. The molecule has 1 aromatic heterocycles. The van der Waals surface area contributed by atoms with Gasteiger partial charge in [0.25, 0.3) is 0 Å². The lowest BCUT2D eigenvalue weighted by Gasteiger charge is -2.42. The van der Waals surface area contributed by atoms with Crippen molar-refractivity contribution in [1.29, 1.82) is 0 Å². The van der Waals surface area contributed by atoms with Crippen LogP contribution in [0, 0.1) is 0 Å². The molecule has 212 valence electrons. The summed E-state index contributed by atoms with van der Waals surface area (Å²) in [5.74, 6) is -46.7. The number of nitrogens with zero attached hydrogens (tertiary/aromatic N) is 1. The van der Waals surface area contributed by atoms with Crippen LogP contribution < -0.4 is 0 Å². The Kier molecular flexibility index (Phi) is 10.2. The van der Waals surface area contributed by atoms with Crippen LogP contribution in [0.15, 0.2) is 30.6 Å². The number of hydrogen-bond donors (Lipinski definition) is 1. The molecular formula is C17H17F14NO3S. The van der Waals surface area contributed by atoms with Gasteiger partial charge in [-0.05, 0) is 18.6 Å². The van der Waals surface area contributed by atoms with E-state index in [1.165, 1.54) is 6.92 Å². The van der Waals surface area contributed by atoms with E-state index in [9.17, 15) is 69.9 Å². The van der Waals surface area contributed by atoms with Crippen molar-refractivity contribution < 1.29 is 74.4 Å². The van der Waals surface area contributed by atoms with Crippen LogP contribution in [0.5, 0.6) is 0 Å². The highest BCUT2D eigenvalue weighted by atomic mass is 32.2. The zero-order valence-corrected chi connectivity index (χ0v) is 18.4. The lowest BCUT2D eigenvalue weighted by Crippen LogP contribution is -2.73. The van der Waals surface area contributed by atoms with E-state index in [-0.39, 0.29) is 12.8 Å². The van der Waals surface area contributed by atoms with Gasteiger partial charge in [0.05, 0.1) is 0 Å². The summed E-state index contributed by atoms with van der Waals surface area (Å²) in [4.78, 5) is 3.78. The summed E-state index contributed by atoms with van der Waals surface area (Å²) in [6, 6.07) is 5.72. The summed E-state index contributed by atoms with van der Waals surface area (Å²) in [6.07, 6.45) is -0.192. The average Bonchev–Trinajstić information content (AvgIpc) is 2.73. The summed E-state index contributed by atoms with van der Waals surface area (Å²) >= 11 is 0. The highest BCUT2D eigenvalue weighted by Crippen LogP contribution is 2.63. The van der Waals surface area contributed by atoms with E-state index < -0.39 is 63.7 Å². The lowest BCUT2D eigenvalue weighted by atomic mass is 9.89. The summed E-state index contributed by atoms with van der Waals surface area (Å²) < 4.78 is 214. The molecule has 1 rings (SSSR count). The molecule has 1 N–H and O–H groups in total. The van der Waals surface area contributed by atoms with Gasteiger partial charge in [0.15, 0.2) is 0 Å². The van der Waals surface area contributed by atoms with Gasteiger partial charge in [-0.1, -0.05) is 25.8 Å². The van der Waals surface area contributed by atoms with Crippen molar-refractivity contribution in [2.24, 2.45) is 0 Å². The van der Waals surface area contributed by atoms with Crippen LogP contribution in [-0.2, 0) is 10.1 Å². The van der Waals surface area contributed by atoms with E-state index in [4.69, 9.17) is 4.55 Å². The number of rotatable bonds is 11. The van der Waals surface area contributed by atoms with Crippen LogP contribution in [0.2, 0.25) is 0 Å². The first-order chi connectivity index (χ1) is 15.8. The van der Waals surface area contributed by atoms with Crippen LogP contribution in [0.3, 0.4) is 0 Å². The van der Waals surface area contributed by atoms with Crippen molar-refractivity contribution in [3.05, 3.63) is 30.6 Å². The highest BCUT2D eigenvalue weighted by Gasteiger charge is 2.94. The number of unbranched alkanes of at least 4 members (excludes halogenated alkanes) is 2. The SMILES string of the molecule is CCCCCC(F)(F)C(F)(F)C(F)(F)C(F)(F)C(F)(F)C(F)(F)C(F)(F)S(=O)(=O)O.c1ccncc1. The minimum Gasteiger partial charge on any atom is -0.281 e. The first-order valence-electron chi connectivity index (χ1n) is 9.28. The van der Waals surface area contributed by atoms with E-state index in [2.05, 4.69) is 4.98 Å². The molecule has 1 aromatic rings. The minimum absolute atomic E-state index is 0.00319. The Hall–Kier alpha value is -1.92. The topological polar surface area (TPSA) is 67.3 Å². The summed E-state index contributed by atoms with van der Waals surface area (Å²) in [6.45, 7) is 1.29. The molecule has 0 saturated carbocycles. The van der Waals surface area contributed by atoms with Gasteiger partial charge in [-0.25, -0.2) is 0 Å². The number of aromatic nitrogens is 1. The molecule has 0 spiro atoms. The molecule has 0 radical (unpaired) electrons. The smallest absolute Gasteiger partial charge is 0.281 e. The molecule has 0 atom stereocenters. The van der Waals surface area contributed by atoms with Crippen molar-refractivity contribution in [1.82, 2.24) is 4.98 Å². The normalized spacial score (nSPS) is 14.8. The molecule has 0 amide bonds. The Bertz CT molecular complexity index is 912. The maximum Gasteiger partial charge on any atom is 0.438 e. The Balaban J connectivity index is 0.00000176. The second kappa shape index (κ2) is 10.8. The molecule has 0 fully saturated rings. The Morgan fingerprint density at radius 3 is 1.33 bits per heavy atom. The number of pyridine rings is 1. The molecule has 0 unspecified atom stereocenters. The monoisotopic (exact) mass is 581 g/mol. The Morgan fingerprint density at radius 2 is 1.03 bits per heavy atom. The Morgan fingerprint density at radius 1 is 0.639 bits per heavy atom. The third kappa shape index (κ3) is 5.80. The first-order valence-corrected chi connectivity index (χ1v) is 10.7. The van der Waals surface area contributed by atoms with Gasteiger partial charge < -0.3 is 0 Å². The third-order valence-electron chi connectivity index (χ3n) is 4.39. The van der Waals surface area contributed by atoms with Crippen molar-refractivity contribution in [2.45, 2.75) is 73.4 Å². The fourth-order valence-electron chi connectivity index (χ4n) is 2.23. The quantitative estimate of drug-likeness (QED) is 0.175. The zero-order valence-electron chi connectivity index (χ0n) is 17.6. The molecule has 0 aromatic carbocycles. The number of halogens is 14. The standard InChI is InChI=1S/C12H12F14O3S.C5H5N/c1-2-3-4-5-6(13,14)7(15,16)8(17,18)9(19,20)10(21,22)11(23,24)12(25,26)30(27,28)29;1-2-4-6-5-3-1/h2-5H2,1H3,(H,27,28,29);1-5H. The zero-order chi connectivity index (χ0) is 29.1. The largest absolute Gasteiger partial charge is 0.438 e. The molecular weight excluding hydrogens is 564 g/mol. The van der Waals surface area contributed by atoms with Crippen LogP contribution in [0.4, 0.5) is 61.5 Å². The van der Waals surface area contributed by atoms with Crippen LogP contribution in [0.1, 0.15) is 32.6 Å². The summed E-state index contributed by atoms with van der Waals surface area (Å²) in [5.41, 5.74) is 0.